The second-order valence-electron chi connectivity index (χ2n) is 5.13. The van der Waals surface area contributed by atoms with Gasteiger partial charge < -0.3 is 10.1 Å². The first-order chi connectivity index (χ1) is 10.0. The van der Waals surface area contributed by atoms with Gasteiger partial charge in [0.05, 0.1) is 11.3 Å². The van der Waals surface area contributed by atoms with Crippen LogP contribution in [0.25, 0.3) is 10.9 Å². The van der Waals surface area contributed by atoms with E-state index < -0.39 is 0 Å². The number of aliphatic imine (C=N–C) groups is 1. The number of nitrogens with zero attached hydrogens (tertiary/aromatic N) is 1. The van der Waals surface area contributed by atoms with Gasteiger partial charge in [0.25, 0.3) is 0 Å². The summed E-state index contributed by atoms with van der Waals surface area (Å²) >= 11 is 3.44. The number of aromatic hydroxyl groups is 1. The fraction of sp³-hybridized carbons (Fsp3) is 0.118. The zero-order valence-electron chi connectivity index (χ0n) is 11.8. The molecule has 0 amide bonds. The van der Waals surface area contributed by atoms with E-state index in [4.69, 9.17) is 0 Å². The first-order valence-corrected chi connectivity index (χ1v) is 7.45. The molecule has 0 saturated carbocycles. The number of fused-ring (bicyclic) bond motifs is 1. The topological polar surface area (TPSA) is 48.4 Å². The third-order valence-corrected chi connectivity index (χ3v) is 3.96. The molecule has 3 nitrogen and oxygen atoms in total. The molecule has 0 fully saturated rings. The normalized spacial score (nSPS) is 11.6. The molecule has 2 N–H and O–H groups in total. The largest absolute Gasteiger partial charge is 0.494 e. The molecule has 2 aromatic carbocycles. The number of aryl methyl sites for hydroxylation is 2. The molecular formula is C17H15BrN2O. The van der Waals surface area contributed by atoms with Crippen molar-refractivity contribution in [1.82, 2.24) is 4.98 Å². The Morgan fingerprint density at radius 2 is 1.95 bits per heavy atom. The van der Waals surface area contributed by atoms with Crippen LogP contribution in [0, 0.1) is 13.8 Å². The van der Waals surface area contributed by atoms with Gasteiger partial charge >= 0.3 is 0 Å². The molecule has 1 aromatic heterocycles. The zero-order valence-corrected chi connectivity index (χ0v) is 13.4. The van der Waals surface area contributed by atoms with Crippen LogP contribution in [0.15, 0.2) is 45.9 Å². The van der Waals surface area contributed by atoms with Crippen molar-refractivity contribution in [2.75, 3.05) is 0 Å². The quantitative estimate of drug-likeness (QED) is 0.632. The van der Waals surface area contributed by atoms with E-state index in [2.05, 4.69) is 25.9 Å². The van der Waals surface area contributed by atoms with E-state index in [1.165, 1.54) is 0 Å². The Balaban J connectivity index is 2.06. The first kappa shape index (κ1) is 13.9. The summed E-state index contributed by atoms with van der Waals surface area (Å²) in [7, 11) is 0. The molecule has 4 heteroatoms. The Morgan fingerprint density at radius 1 is 1.14 bits per heavy atom. The van der Waals surface area contributed by atoms with Gasteiger partial charge in [-0.15, -0.1) is 0 Å². The van der Waals surface area contributed by atoms with E-state index in [1.807, 2.05) is 50.2 Å². The van der Waals surface area contributed by atoms with Crippen LogP contribution in [0.3, 0.4) is 0 Å². The van der Waals surface area contributed by atoms with Gasteiger partial charge in [-0.1, -0.05) is 27.6 Å². The number of hydrogen-bond acceptors (Lipinski definition) is 2. The van der Waals surface area contributed by atoms with Gasteiger partial charge in [0.1, 0.15) is 0 Å². The number of aromatic nitrogens is 1. The molecule has 0 bridgehead atoms. The molecule has 106 valence electrons. The molecule has 1 heterocycles. The van der Waals surface area contributed by atoms with Crippen molar-refractivity contribution < 1.29 is 5.11 Å². The highest BCUT2D eigenvalue weighted by Gasteiger charge is 2.09. The lowest BCUT2D eigenvalue weighted by atomic mass is 10.1. The van der Waals surface area contributed by atoms with Crippen molar-refractivity contribution in [3.8, 4) is 5.88 Å². The van der Waals surface area contributed by atoms with E-state index in [0.717, 1.165) is 37.8 Å². The summed E-state index contributed by atoms with van der Waals surface area (Å²) in [5.74, 6) is 0.147. The molecule has 21 heavy (non-hydrogen) atoms. The van der Waals surface area contributed by atoms with Gasteiger partial charge in [-0.05, 0) is 49.7 Å². The molecule has 0 radical (unpaired) electrons. The fourth-order valence-electron chi connectivity index (χ4n) is 2.34. The lowest BCUT2D eigenvalue weighted by Crippen LogP contribution is -1.81. The predicted molar refractivity (Wildman–Crippen MR) is 90.8 cm³/mol. The number of rotatable bonds is 2. The average molecular weight is 343 g/mol. The van der Waals surface area contributed by atoms with E-state index in [-0.39, 0.29) is 5.88 Å². The highest BCUT2D eigenvalue weighted by Crippen LogP contribution is 2.28. The number of aromatic amines is 1. The molecule has 0 aliphatic heterocycles. The second-order valence-corrected chi connectivity index (χ2v) is 6.04. The van der Waals surface area contributed by atoms with Crippen molar-refractivity contribution >= 4 is 38.7 Å². The van der Waals surface area contributed by atoms with Crippen LogP contribution in [0.4, 0.5) is 5.69 Å². The van der Waals surface area contributed by atoms with Crippen LogP contribution in [0.1, 0.15) is 16.7 Å². The van der Waals surface area contributed by atoms with Crippen molar-refractivity contribution in [2.45, 2.75) is 13.8 Å². The molecule has 0 unspecified atom stereocenters. The van der Waals surface area contributed by atoms with Crippen LogP contribution in [0.5, 0.6) is 5.88 Å². The number of halogens is 1. The SMILES string of the molecule is Cc1ccc2[nH]c(O)c(C=Nc3ccc(Br)cc3C)c2c1. The zero-order chi connectivity index (χ0) is 15.0. The summed E-state index contributed by atoms with van der Waals surface area (Å²) in [4.78, 5) is 7.48. The molecule has 0 atom stereocenters. The lowest BCUT2D eigenvalue weighted by molar-refractivity contribution is 0.457. The molecular weight excluding hydrogens is 328 g/mol. The monoisotopic (exact) mass is 342 g/mol. The summed E-state index contributed by atoms with van der Waals surface area (Å²) in [6, 6.07) is 11.9. The number of benzene rings is 2. The molecule has 3 aromatic rings. The minimum atomic E-state index is 0.147. The fourth-order valence-corrected chi connectivity index (χ4v) is 2.82. The van der Waals surface area contributed by atoms with Crippen molar-refractivity contribution in [2.24, 2.45) is 4.99 Å². The highest BCUT2D eigenvalue weighted by molar-refractivity contribution is 9.10. The number of nitrogens with one attached hydrogen (secondary N) is 1. The number of hydrogen-bond donors (Lipinski definition) is 2. The number of H-pyrrole nitrogens is 1. The Bertz CT molecular complexity index is 849. The summed E-state index contributed by atoms with van der Waals surface area (Å²) in [6.45, 7) is 4.04. The van der Waals surface area contributed by atoms with Crippen LogP contribution in [-0.4, -0.2) is 16.3 Å². The maximum Gasteiger partial charge on any atom is 0.198 e. The highest BCUT2D eigenvalue weighted by atomic mass is 79.9. The van der Waals surface area contributed by atoms with Gasteiger partial charge in [0, 0.05) is 21.6 Å². The molecule has 3 rings (SSSR count). The molecule has 0 aliphatic rings. The molecule has 0 aliphatic carbocycles. The second kappa shape index (κ2) is 5.37. The smallest absolute Gasteiger partial charge is 0.198 e. The van der Waals surface area contributed by atoms with Crippen molar-refractivity contribution in [3.63, 3.8) is 0 Å². The van der Waals surface area contributed by atoms with Gasteiger partial charge in [0.15, 0.2) is 5.88 Å². The van der Waals surface area contributed by atoms with Gasteiger partial charge in [0.2, 0.25) is 0 Å². The third-order valence-electron chi connectivity index (χ3n) is 3.47. The van der Waals surface area contributed by atoms with E-state index in [0.29, 0.717) is 0 Å². The first-order valence-electron chi connectivity index (χ1n) is 6.66. The summed E-state index contributed by atoms with van der Waals surface area (Å²) in [5, 5.41) is 11.0. The predicted octanol–water partition coefficient (Wildman–Crippen LogP) is 5.00. The van der Waals surface area contributed by atoms with Crippen LogP contribution in [0.2, 0.25) is 0 Å². The Hall–Kier alpha value is -2.07. The van der Waals surface area contributed by atoms with Gasteiger partial charge in [-0.3, -0.25) is 4.99 Å². The van der Waals surface area contributed by atoms with E-state index in [9.17, 15) is 5.11 Å². The van der Waals surface area contributed by atoms with E-state index in [1.54, 1.807) is 6.21 Å². The Morgan fingerprint density at radius 3 is 2.71 bits per heavy atom. The molecule has 0 spiro atoms. The average Bonchev–Trinajstić information content (AvgIpc) is 2.73. The summed E-state index contributed by atoms with van der Waals surface area (Å²) in [6.07, 6.45) is 1.71. The van der Waals surface area contributed by atoms with E-state index >= 15 is 0 Å². The van der Waals surface area contributed by atoms with Crippen LogP contribution >= 0.6 is 15.9 Å². The van der Waals surface area contributed by atoms with Crippen LogP contribution < -0.4 is 0 Å². The van der Waals surface area contributed by atoms with Gasteiger partial charge in [-0.25, -0.2) is 0 Å². The minimum absolute atomic E-state index is 0.147. The summed E-state index contributed by atoms with van der Waals surface area (Å²) in [5.41, 5.74) is 4.75. The van der Waals surface area contributed by atoms with Crippen LogP contribution in [-0.2, 0) is 0 Å². The minimum Gasteiger partial charge on any atom is -0.494 e. The molecule has 0 saturated heterocycles. The summed E-state index contributed by atoms with van der Waals surface area (Å²) < 4.78 is 1.03. The van der Waals surface area contributed by atoms with Crippen molar-refractivity contribution in [3.05, 3.63) is 57.6 Å². The Kier molecular flexibility index (Phi) is 3.55. The third kappa shape index (κ3) is 2.72. The lowest BCUT2D eigenvalue weighted by Gasteiger charge is -2.00. The maximum atomic E-state index is 10.1. The standard InChI is InChI=1S/C17H15BrN2O/c1-10-3-5-16-13(7-10)14(17(21)20-16)9-19-15-6-4-12(18)8-11(15)2/h3-9,20-21H,1-2H3. The maximum absolute atomic E-state index is 10.1. The van der Waals surface area contributed by atoms with Gasteiger partial charge in [-0.2, -0.15) is 0 Å². The van der Waals surface area contributed by atoms with Crippen molar-refractivity contribution in [1.29, 1.82) is 0 Å². The Labute approximate surface area is 131 Å².